The molecule has 2 N–H and O–H groups in total. The predicted molar refractivity (Wildman–Crippen MR) is 85.6 cm³/mol. The minimum Gasteiger partial charge on any atom is -0.342 e. The molecule has 0 spiro atoms. The highest BCUT2D eigenvalue weighted by Crippen LogP contribution is 2.23. The van der Waals surface area contributed by atoms with Crippen LogP contribution in [0.2, 0.25) is 0 Å². The summed E-state index contributed by atoms with van der Waals surface area (Å²) in [5.41, 5.74) is 0.331. The van der Waals surface area contributed by atoms with Crippen LogP contribution in [-0.2, 0) is 4.79 Å². The highest BCUT2D eigenvalue weighted by molar-refractivity contribution is 5.77. The van der Waals surface area contributed by atoms with E-state index < -0.39 is 11.9 Å². The molecule has 2 aromatic rings. The van der Waals surface area contributed by atoms with E-state index >= 15 is 0 Å². The van der Waals surface area contributed by atoms with Crippen molar-refractivity contribution in [1.29, 1.82) is 0 Å². The number of halogens is 1. The molecule has 7 heteroatoms. The molecule has 1 atom stereocenters. The molecule has 1 aromatic heterocycles. The highest BCUT2D eigenvalue weighted by Gasteiger charge is 2.26. The fraction of sp³-hybridized carbons (Fsp3) is 0.471. The Morgan fingerprint density at radius 2 is 2.17 bits per heavy atom. The van der Waals surface area contributed by atoms with Gasteiger partial charge in [-0.25, -0.2) is 4.39 Å². The molecule has 1 fully saturated rings. The molecule has 0 unspecified atom stereocenters. The summed E-state index contributed by atoms with van der Waals surface area (Å²) in [5.74, 6) is 0.444. The number of hydrogen-bond acceptors (Lipinski definition) is 5. The van der Waals surface area contributed by atoms with Gasteiger partial charge in [0.05, 0.1) is 0 Å². The van der Waals surface area contributed by atoms with E-state index in [9.17, 15) is 9.18 Å². The van der Waals surface area contributed by atoms with Crippen molar-refractivity contribution in [3.8, 4) is 0 Å². The molecular weight excluding hydrogens is 311 g/mol. The zero-order valence-corrected chi connectivity index (χ0v) is 13.6. The quantitative estimate of drug-likeness (QED) is 0.876. The molecule has 1 saturated heterocycles. The maximum atomic E-state index is 14.2. The molecule has 1 amide bonds. The van der Waals surface area contributed by atoms with Crippen LogP contribution in [0.5, 0.6) is 0 Å². The number of nitrogens with zero attached hydrogens (tertiary/aromatic N) is 2. The Kier molecular flexibility index (Phi) is 5.20. The van der Waals surface area contributed by atoms with Crippen molar-refractivity contribution >= 4 is 5.91 Å². The van der Waals surface area contributed by atoms with Crippen molar-refractivity contribution < 1.29 is 13.7 Å². The van der Waals surface area contributed by atoms with Crippen LogP contribution in [0.4, 0.5) is 4.39 Å². The maximum Gasteiger partial charge on any atom is 0.223 e. The van der Waals surface area contributed by atoms with Crippen molar-refractivity contribution in [2.75, 3.05) is 13.1 Å². The average molecular weight is 332 g/mol. The Morgan fingerprint density at radius 3 is 2.83 bits per heavy atom. The molecule has 0 saturated carbocycles. The first-order valence-electron chi connectivity index (χ1n) is 8.18. The number of hydrogen-bond donors (Lipinski definition) is 2. The first-order valence-corrected chi connectivity index (χ1v) is 8.18. The summed E-state index contributed by atoms with van der Waals surface area (Å²) in [5, 5.41) is 10.00. The van der Waals surface area contributed by atoms with Crippen molar-refractivity contribution in [3.05, 3.63) is 47.4 Å². The van der Waals surface area contributed by atoms with E-state index in [1.165, 1.54) is 6.07 Å². The summed E-state index contributed by atoms with van der Waals surface area (Å²) in [6.07, 6.45) is 2.36. The van der Waals surface area contributed by atoms with Crippen molar-refractivity contribution in [2.24, 2.45) is 5.92 Å². The van der Waals surface area contributed by atoms with Gasteiger partial charge >= 0.3 is 0 Å². The molecule has 2 heterocycles. The zero-order valence-electron chi connectivity index (χ0n) is 13.6. The minimum atomic E-state index is -0.752. The molecule has 24 heavy (non-hydrogen) atoms. The lowest BCUT2D eigenvalue weighted by Crippen LogP contribution is -2.35. The van der Waals surface area contributed by atoms with Gasteiger partial charge in [0.15, 0.2) is 5.82 Å². The second-order valence-electron chi connectivity index (χ2n) is 6.09. The van der Waals surface area contributed by atoms with Crippen LogP contribution < -0.4 is 10.6 Å². The van der Waals surface area contributed by atoms with Crippen LogP contribution >= 0.6 is 0 Å². The molecule has 128 valence electrons. The Bertz CT molecular complexity index is 697. The summed E-state index contributed by atoms with van der Waals surface area (Å²) >= 11 is 0. The van der Waals surface area contributed by atoms with E-state index in [0.717, 1.165) is 25.9 Å². The van der Waals surface area contributed by atoms with Gasteiger partial charge in [-0.3, -0.25) is 4.79 Å². The van der Waals surface area contributed by atoms with Gasteiger partial charge in [0.25, 0.3) is 0 Å². The Labute approximate surface area is 139 Å². The van der Waals surface area contributed by atoms with Gasteiger partial charge in [-0.05, 0) is 37.9 Å². The number of aromatic nitrogens is 2. The fourth-order valence-electron chi connectivity index (χ4n) is 2.99. The second kappa shape index (κ2) is 7.53. The van der Waals surface area contributed by atoms with Gasteiger partial charge < -0.3 is 15.2 Å². The summed E-state index contributed by atoms with van der Waals surface area (Å²) in [4.78, 5) is 16.6. The number of amides is 1. The first kappa shape index (κ1) is 16.6. The Hall–Kier alpha value is -2.28. The Morgan fingerprint density at radius 1 is 1.42 bits per heavy atom. The lowest BCUT2D eigenvalue weighted by molar-refractivity contribution is -0.122. The number of carbonyl (C=O) groups excluding carboxylic acids is 1. The van der Waals surface area contributed by atoms with Gasteiger partial charge in [-0.2, -0.15) is 4.98 Å². The second-order valence-corrected chi connectivity index (χ2v) is 6.09. The third-order valence-electron chi connectivity index (χ3n) is 4.26. The van der Waals surface area contributed by atoms with Gasteiger partial charge in [0.1, 0.15) is 11.9 Å². The topological polar surface area (TPSA) is 80.0 Å². The van der Waals surface area contributed by atoms with Crippen LogP contribution in [0.1, 0.15) is 42.6 Å². The van der Waals surface area contributed by atoms with E-state index in [-0.39, 0.29) is 11.7 Å². The van der Waals surface area contributed by atoms with Crippen LogP contribution in [0.15, 0.2) is 28.8 Å². The molecule has 0 aliphatic carbocycles. The maximum absolute atomic E-state index is 14.2. The van der Waals surface area contributed by atoms with E-state index in [1.54, 1.807) is 25.1 Å². The van der Waals surface area contributed by atoms with Crippen LogP contribution in [0, 0.1) is 18.7 Å². The minimum absolute atomic E-state index is 0.127. The third kappa shape index (κ3) is 3.97. The molecule has 1 aliphatic heterocycles. The number of piperidine rings is 1. The van der Waals surface area contributed by atoms with Gasteiger partial charge in [-0.1, -0.05) is 23.4 Å². The van der Waals surface area contributed by atoms with E-state index in [1.807, 2.05) is 0 Å². The average Bonchev–Trinajstić information content (AvgIpc) is 3.01. The summed E-state index contributed by atoms with van der Waals surface area (Å²) in [6.45, 7) is 3.52. The van der Waals surface area contributed by atoms with Crippen molar-refractivity contribution in [3.63, 3.8) is 0 Å². The molecule has 6 nitrogen and oxygen atoms in total. The molecule has 0 radical (unpaired) electrons. The Balaban J connectivity index is 1.77. The molecule has 3 rings (SSSR count). The lowest BCUT2D eigenvalue weighted by atomic mass is 9.94. The van der Waals surface area contributed by atoms with E-state index in [4.69, 9.17) is 4.52 Å². The lowest BCUT2D eigenvalue weighted by Gasteiger charge is -2.23. The smallest absolute Gasteiger partial charge is 0.223 e. The third-order valence-corrected chi connectivity index (χ3v) is 4.26. The first-order chi connectivity index (χ1) is 11.6. The van der Waals surface area contributed by atoms with E-state index in [0.29, 0.717) is 23.8 Å². The number of aryl methyl sites for hydroxylation is 1. The van der Waals surface area contributed by atoms with Crippen molar-refractivity contribution in [2.45, 2.75) is 32.2 Å². The monoisotopic (exact) mass is 332 g/mol. The van der Waals surface area contributed by atoms with Crippen LogP contribution in [0.25, 0.3) is 0 Å². The number of nitrogens with one attached hydrogen (secondary N) is 2. The SMILES string of the molecule is Cc1nc([C@H](NC(=O)CC2CCNCC2)c2ccccc2F)no1. The van der Waals surface area contributed by atoms with Gasteiger partial charge in [-0.15, -0.1) is 0 Å². The van der Waals surface area contributed by atoms with Crippen molar-refractivity contribution in [1.82, 2.24) is 20.8 Å². The number of carbonyl (C=O) groups is 1. The number of benzene rings is 1. The zero-order chi connectivity index (χ0) is 16.9. The summed E-state index contributed by atoms with van der Waals surface area (Å²) in [6, 6.07) is 5.55. The number of rotatable bonds is 5. The molecule has 1 aromatic carbocycles. The standard InChI is InChI=1S/C17H21FN4O2/c1-11-20-17(22-24-11)16(13-4-2-3-5-14(13)18)21-15(23)10-12-6-8-19-9-7-12/h2-5,12,16,19H,6-10H2,1H3,(H,21,23)/t16-/m1/s1. The molecular formula is C17H21FN4O2. The summed E-state index contributed by atoms with van der Waals surface area (Å²) in [7, 11) is 0. The largest absolute Gasteiger partial charge is 0.342 e. The van der Waals surface area contributed by atoms with Crippen LogP contribution in [-0.4, -0.2) is 29.1 Å². The normalized spacial score (nSPS) is 16.8. The molecule has 0 bridgehead atoms. The summed E-state index contributed by atoms with van der Waals surface area (Å²) < 4.78 is 19.2. The van der Waals surface area contributed by atoms with E-state index in [2.05, 4.69) is 20.8 Å². The van der Waals surface area contributed by atoms with Crippen LogP contribution in [0.3, 0.4) is 0 Å². The van der Waals surface area contributed by atoms with Gasteiger partial charge in [0.2, 0.25) is 11.8 Å². The molecule has 1 aliphatic rings. The van der Waals surface area contributed by atoms with Gasteiger partial charge in [0, 0.05) is 18.9 Å². The fourth-order valence-corrected chi connectivity index (χ4v) is 2.99. The highest BCUT2D eigenvalue weighted by atomic mass is 19.1. The predicted octanol–water partition coefficient (Wildman–Crippen LogP) is 2.11.